The van der Waals surface area contributed by atoms with Crippen molar-refractivity contribution in [3.63, 3.8) is 0 Å². The van der Waals surface area contributed by atoms with Crippen LogP contribution in [0.1, 0.15) is 0 Å². The molecular weight excluding hydrogens is 132 g/mol. The topological polar surface area (TPSA) is 58.9 Å². The van der Waals surface area contributed by atoms with Crippen molar-refractivity contribution in [2.45, 2.75) is 0 Å². The molecule has 4 heteroatoms. The van der Waals surface area contributed by atoms with E-state index in [0.29, 0.717) is 6.41 Å². The largest absolute Gasteiger partial charge is 0.295 e. The van der Waals surface area contributed by atoms with Crippen LogP contribution >= 0.6 is 0 Å². The minimum Gasteiger partial charge on any atom is -0.276 e. The molecule has 0 N–H and O–H groups in total. The first kappa shape index (κ1) is 6.54. The Hall–Kier alpha value is -1.58. The maximum Gasteiger partial charge on any atom is 0.295 e. The molecule has 1 aliphatic heterocycles. The zero-order chi connectivity index (χ0) is 7.40. The maximum atomic E-state index is 10.6. The smallest absolute Gasteiger partial charge is 0.276 e. The lowest BCUT2D eigenvalue weighted by atomic mass is 10.3. The van der Waals surface area contributed by atoms with Gasteiger partial charge in [-0.3, -0.25) is 9.59 Å². The average molecular weight is 136 g/mol. The summed E-state index contributed by atoms with van der Waals surface area (Å²) in [5, 5.41) is 0. The van der Waals surface area contributed by atoms with E-state index in [1.54, 1.807) is 6.08 Å². The number of carbonyl (C=O) groups excluding carboxylic acids is 2. The molecule has 1 rings (SSSR count). The van der Waals surface area contributed by atoms with Gasteiger partial charge in [0.1, 0.15) is 5.71 Å². The van der Waals surface area contributed by atoms with Gasteiger partial charge in [0, 0.05) is 6.21 Å². The molecule has 50 valence electrons. The highest BCUT2D eigenvalue weighted by Gasteiger charge is 2.06. The van der Waals surface area contributed by atoms with E-state index in [-0.39, 0.29) is 5.71 Å². The number of carbonyl (C=O) groups is 2. The molecule has 10 heavy (non-hydrogen) atoms. The number of nitrogens with zero attached hydrogens (tertiary/aromatic N) is 2. The van der Waals surface area contributed by atoms with E-state index in [1.807, 2.05) is 0 Å². The second-order valence-corrected chi connectivity index (χ2v) is 1.56. The van der Waals surface area contributed by atoms with Crippen LogP contribution in [0.2, 0.25) is 0 Å². The van der Waals surface area contributed by atoms with Gasteiger partial charge >= 0.3 is 0 Å². The normalized spacial score (nSPS) is 20.0. The Morgan fingerprint density at radius 1 is 1.60 bits per heavy atom. The van der Waals surface area contributed by atoms with Crippen LogP contribution in [-0.2, 0) is 9.59 Å². The average Bonchev–Trinajstić information content (AvgIpc) is 1.94. The minimum atomic E-state index is -0.477. The third-order valence-corrected chi connectivity index (χ3v) is 0.943. The fraction of sp³-hybridized carbons (Fsp3) is 0. The van der Waals surface area contributed by atoms with Crippen LogP contribution in [0.5, 0.6) is 0 Å². The molecule has 0 saturated carbocycles. The molecular formula is C6H4N2O2. The molecule has 0 unspecified atom stereocenters. The number of amides is 2. The van der Waals surface area contributed by atoms with Crippen molar-refractivity contribution in [1.82, 2.24) is 0 Å². The Balaban J connectivity index is 2.90. The first-order valence-corrected chi connectivity index (χ1v) is 2.61. The standard InChI is InChI=1S/C6H4N2O2/c9-4-8-5-2-1-3-7-6(5)10/h1-4H. The predicted molar refractivity (Wildman–Crippen MR) is 36.1 cm³/mol. The van der Waals surface area contributed by atoms with Crippen LogP contribution in [0.25, 0.3) is 0 Å². The Morgan fingerprint density at radius 3 is 3.00 bits per heavy atom. The summed E-state index contributed by atoms with van der Waals surface area (Å²) in [6.07, 6.45) is 4.65. The zero-order valence-electron chi connectivity index (χ0n) is 5.02. The number of rotatable bonds is 1. The summed E-state index contributed by atoms with van der Waals surface area (Å²) >= 11 is 0. The number of aliphatic imine (C=N–C) groups is 2. The van der Waals surface area contributed by atoms with E-state index < -0.39 is 5.91 Å². The van der Waals surface area contributed by atoms with E-state index in [4.69, 9.17) is 0 Å². The molecule has 0 aromatic rings. The molecule has 0 fully saturated rings. The summed E-state index contributed by atoms with van der Waals surface area (Å²) in [7, 11) is 0. The number of dihydropyridines is 1. The second-order valence-electron chi connectivity index (χ2n) is 1.56. The van der Waals surface area contributed by atoms with Gasteiger partial charge < -0.3 is 0 Å². The van der Waals surface area contributed by atoms with E-state index >= 15 is 0 Å². The van der Waals surface area contributed by atoms with E-state index in [2.05, 4.69) is 9.98 Å². The molecule has 0 bridgehead atoms. The predicted octanol–water partition coefficient (Wildman–Crippen LogP) is -0.249. The first-order valence-electron chi connectivity index (χ1n) is 2.61. The summed E-state index contributed by atoms with van der Waals surface area (Å²) in [5.41, 5.74) is 0.0810. The first-order chi connectivity index (χ1) is 4.84. The van der Waals surface area contributed by atoms with E-state index in [9.17, 15) is 9.59 Å². The summed E-state index contributed by atoms with van der Waals surface area (Å²) < 4.78 is 0. The lowest BCUT2D eigenvalue weighted by molar-refractivity contribution is -0.112. The Kier molecular flexibility index (Phi) is 1.84. The third-order valence-electron chi connectivity index (χ3n) is 0.943. The van der Waals surface area contributed by atoms with Crippen molar-refractivity contribution in [2.24, 2.45) is 9.98 Å². The van der Waals surface area contributed by atoms with Crippen molar-refractivity contribution in [3.8, 4) is 0 Å². The molecule has 1 aliphatic rings. The molecule has 0 aromatic heterocycles. The van der Waals surface area contributed by atoms with Gasteiger partial charge in [-0.2, -0.15) is 0 Å². The fourth-order valence-corrected chi connectivity index (χ4v) is 0.537. The van der Waals surface area contributed by atoms with Crippen molar-refractivity contribution in [2.75, 3.05) is 0 Å². The van der Waals surface area contributed by atoms with Crippen LogP contribution in [0.3, 0.4) is 0 Å². The van der Waals surface area contributed by atoms with Crippen molar-refractivity contribution in [1.29, 1.82) is 0 Å². The second kappa shape index (κ2) is 2.82. The maximum absolute atomic E-state index is 10.6. The number of allylic oxidation sites excluding steroid dienone is 1. The van der Waals surface area contributed by atoms with Crippen LogP contribution in [-0.4, -0.2) is 24.2 Å². The SMILES string of the molecule is O=CN=C1C=CC=NC1=O. The zero-order valence-corrected chi connectivity index (χ0v) is 5.02. The van der Waals surface area contributed by atoms with E-state index in [0.717, 1.165) is 0 Å². The summed E-state index contributed by atoms with van der Waals surface area (Å²) in [6.45, 7) is 0. The molecule has 1 heterocycles. The number of hydrogen-bond donors (Lipinski definition) is 0. The Morgan fingerprint density at radius 2 is 2.40 bits per heavy atom. The van der Waals surface area contributed by atoms with Crippen LogP contribution < -0.4 is 0 Å². The van der Waals surface area contributed by atoms with Crippen LogP contribution in [0.4, 0.5) is 0 Å². The lowest BCUT2D eigenvalue weighted by Gasteiger charge is -1.93. The highest BCUT2D eigenvalue weighted by atomic mass is 16.2. The molecule has 0 radical (unpaired) electrons. The Labute approximate surface area is 57.0 Å². The van der Waals surface area contributed by atoms with E-state index in [1.165, 1.54) is 12.3 Å². The molecule has 0 spiro atoms. The minimum absolute atomic E-state index is 0.0810. The lowest BCUT2D eigenvalue weighted by Crippen LogP contribution is -2.11. The van der Waals surface area contributed by atoms with Crippen molar-refractivity contribution >= 4 is 24.2 Å². The van der Waals surface area contributed by atoms with Gasteiger partial charge in [-0.05, 0) is 12.2 Å². The molecule has 0 saturated heterocycles. The van der Waals surface area contributed by atoms with Gasteiger partial charge in [-0.15, -0.1) is 0 Å². The monoisotopic (exact) mass is 136 g/mol. The van der Waals surface area contributed by atoms with Gasteiger partial charge in [0.25, 0.3) is 5.91 Å². The highest BCUT2D eigenvalue weighted by Crippen LogP contribution is 1.90. The molecule has 2 amide bonds. The van der Waals surface area contributed by atoms with Crippen molar-refractivity contribution < 1.29 is 9.59 Å². The summed E-state index contributed by atoms with van der Waals surface area (Å²) in [6, 6.07) is 0. The van der Waals surface area contributed by atoms with Crippen LogP contribution in [0, 0.1) is 0 Å². The Bertz CT molecular complexity index is 250. The summed E-state index contributed by atoms with van der Waals surface area (Å²) in [4.78, 5) is 27.1. The molecule has 0 aliphatic carbocycles. The van der Waals surface area contributed by atoms with Gasteiger partial charge in [-0.25, -0.2) is 9.98 Å². The molecule has 0 atom stereocenters. The van der Waals surface area contributed by atoms with Gasteiger partial charge in [0.15, 0.2) is 0 Å². The number of hydrogen-bond acceptors (Lipinski definition) is 2. The quantitative estimate of drug-likeness (QED) is 0.467. The molecule has 4 nitrogen and oxygen atoms in total. The third kappa shape index (κ3) is 1.22. The molecule has 0 aromatic carbocycles. The van der Waals surface area contributed by atoms with Crippen LogP contribution in [0.15, 0.2) is 22.1 Å². The van der Waals surface area contributed by atoms with Gasteiger partial charge in [0.05, 0.1) is 0 Å². The summed E-state index contributed by atoms with van der Waals surface area (Å²) in [5.74, 6) is -0.477. The van der Waals surface area contributed by atoms with Gasteiger partial charge in [0.2, 0.25) is 6.41 Å². The fourth-order valence-electron chi connectivity index (χ4n) is 0.537. The highest BCUT2D eigenvalue weighted by molar-refractivity contribution is 6.47. The van der Waals surface area contributed by atoms with Gasteiger partial charge in [-0.1, -0.05) is 0 Å². The van der Waals surface area contributed by atoms with Crippen molar-refractivity contribution in [3.05, 3.63) is 12.2 Å².